The van der Waals surface area contributed by atoms with Gasteiger partial charge in [0.1, 0.15) is 17.1 Å². The van der Waals surface area contributed by atoms with Gasteiger partial charge in [0.05, 0.1) is 16.5 Å². The third-order valence-electron chi connectivity index (χ3n) is 5.97. The van der Waals surface area contributed by atoms with E-state index in [1.807, 2.05) is 37.3 Å². The monoisotopic (exact) mass is 417 g/mol. The number of phenolic OH excluding ortho intramolecular Hbond substituents is 1. The quantitative estimate of drug-likeness (QED) is 0.451. The van der Waals surface area contributed by atoms with Crippen LogP contribution in [0.5, 0.6) is 5.75 Å². The van der Waals surface area contributed by atoms with Crippen LogP contribution in [-0.2, 0) is 6.54 Å². The summed E-state index contributed by atoms with van der Waals surface area (Å²) in [4.78, 5) is 17.1. The molecule has 30 heavy (non-hydrogen) atoms. The number of nitrogens with zero attached hydrogens (tertiary/aromatic N) is 1. The predicted molar refractivity (Wildman–Crippen MR) is 121 cm³/mol. The van der Waals surface area contributed by atoms with Gasteiger partial charge in [0, 0.05) is 17.5 Å². The molecule has 1 aliphatic rings. The number of fused-ring (bicyclic) bond motifs is 1. The predicted octanol–water partition coefficient (Wildman–Crippen LogP) is 5.87. The molecule has 2 aromatic heterocycles. The molecule has 5 rings (SSSR count). The zero-order valence-electron chi connectivity index (χ0n) is 16.8. The van der Waals surface area contributed by atoms with Crippen molar-refractivity contribution < 1.29 is 9.52 Å². The number of likely N-dealkylation sites (tertiary alicyclic amines) is 1. The Morgan fingerprint density at radius 2 is 1.97 bits per heavy atom. The highest BCUT2D eigenvalue weighted by Crippen LogP contribution is 2.38. The average Bonchev–Trinajstić information content (AvgIpc) is 3.43. The van der Waals surface area contributed by atoms with Gasteiger partial charge in [0.15, 0.2) is 0 Å². The molecule has 3 heterocycles. The van der Waals surface area contributed by atoms with Crippen LogP contribution < -0.4 is 5.43 Å². The zero-order valence-corrected chi connectivity index (χ0v) is 17.6. The molecule has 2 aromatic carbocycles. The Labute approximate surface area is 179 Å². The minimum Gasteiger partial charge on any atom is -0.507 e. The van der Waals surface area contributed by atoms with Gasteiger partial charge in [-0.05, 0) is 55.5 Å². The highest BCUT2D eigenvalue weighted by Gasteiger charge is 2.29. The molecular formula is C25H23NO3S. The Morgan fingerprint density at radius 1 is 1.13 bits per heavy atom. The molecule has 1 atom stereocenters. The number of hydrogen-bond donors (Lipinski definition) is 1. The molecule has 0 aliphatic carbocycles. The van der Waals surface area contributed by atoms with E-state index in [1.165, 1.54) is 4.88 Å². The van der Waals surface area contributed by atoms with E-state index in [9.17, 15) is 9.90 Å². The van der Waals surface area contributed by atoms with Gasteiger partial charge in [-0.2, -0.15) is 0 Å². The second-order valence-electron chi connectivity index (χ2n) is 7.81. The first-order valence-corrected chi connectivity index (χ1v) is 11.1. The summed E-state index contributed by atoms with van der Waals surface area (Å²) in [6, 6.07) is 17.5. The molecule has 1 aliphatic heterocycles. The van der Waals surface area contributed by atoms with Gasteiger partial charge in [-0.3, -0.25) is 9.69 Å². The van der Waals surface area contributed by atoms with Gasteiger partial charge >= 0.3 is 0 Å². The average molecular weight is 418 g/mol. The lowest BCUT2D eigenvalue weighted by Crippen LogP contribution is -2.22. The van der Waals surface area contributed by atoms with Crippen LogP contribution in [0.3, 0.4) is 0 Å². The number of phenols is 1. The van der Waals surface area contributed by atoms with Crippen molar-refractivity contribution in [3.05, 3.63) is 86.4 Å². The maximum absolute atomic E-state index is 13.3. The van der Waals surface area contributed by atoms with Crippen molar-refractivity contribution in [2.45, 2.75) is 32.4 Å². The summed E-state index contributed by atoms with van der Waals surface area (Å²) < 4.78 is 6.19. The van der Waals surface area contributed by atoms with Crippen LogP contribution in [0.2, 0.25) is 0 Å². The Kier molecular flexibility index (Phi) is 4.93. The molecule has 0 amide bonds. The van der Waals surface area contributed by atoms with Crippen molar-refractivity contribution in [3.63, 3.8) is 0 Å². The first kappa shape index (κ1) is 19.1. The number of rotatable bonds is 4. The fraction of sp³-hybridized carbons (Fsp3) is 0.240. The third-order valence-corrected chi connectivity index (χ3v) is 6.95. The van der Waals surface area contributed by atoms with Gasteiger partial charge < -0.3 is 9.52 Å². The Hall–Kier alpha value is -2.89. The Balaban J connectivity index is 1.61. The van der Waals surface area contributed by atoms with Crippen molar-refractivity contribution >= 4 is 22.3 Å². The first-order chi connectivity index (χ1) is 14.6. The highest BCUT2D eigenvalue weighted by molar-refractivity contribution is 7.10. The minimum atomic E-state index is -0.0579. The number of thiophene rings is 1. The second-order valence-corrected chi connectivity index (χ2v) is 8.79. The topological polar surface area (TPSA) is 53.7 Å². The van der Waals surface area contributed by atoms with Crippen LogP contribution >= 0.6 is 11.3 Å². The van der Waals surface area contributed by atoms with Crippen molar-refractivity contribution in [2.24, 2.45) is 0 Å². The molecule has 0 saturated carbocycles. The van der Waals surface area contributed by atoms with Gasteiger partial charge in [-0.15, -0.1) is 11.3 Å². The van der Waals surface area contributed by atoms with Crippen molar-refractivity contribution in [3.8, 4) is 16.9 Å². The van der Waals surface area contributed by atoms with E-state index in [1.54, 1.807) is 23.5 Å². The second kappa shape index (κ2) is 7.74. The van der Waals surface area contributed by atoms with Crippen LogP contribution in [0.15, 0.2) is 69.2 Å². The molecule has 0 unspecified atom stereocenters. The van der Waals surface area contributed by atoms with E-state index in [0.29, 0.717) is 40.4 Å². The third kappa shape index (κ3) is 3.24. The lowest BCUT2D eigenvalue weighted by atomic mass is 10.0. The first-order valence-electron chi connectivity index (χ1n) is 10.2. The number of aryl methyl sites for hydroxylation is 1. The number of benzene rings is 2. The summed E-state index contributed by atoms with van der Waals surface area (Å²) >= 11 is 1.77. The van der Waals surface area contributed by atoms with Gasteiger partial charge in [-0.1, -0.05) is 36.4 Å². The van der Waals surface area contributed by atoms with E-state index in [4.69, 9.17) is 4.42 Å². The van der Waals surface area contributed by atoms with Gasteiger partial charge in [0.25, 0.3) is 0 Å². The fourth-order valence-corrected chi connectivity index (χ4v) is 5.42. The molecule has 0 bridgehead atoms. The van der Waals surface area contributed by atoms with Crippen LogP contribution in [0.4, 0.5) is 0 Å². The zero-order chi connectivity index (χ0) is 20.7. The molecule has 1 N–H and O–H groups in total. The van der Waals surface area contributed by atoms with E-state index in [0.717, 1.165) is 24.9 Å². The van der Waals surface area contributed by atoms with Crippen LogP contribution in [0.25, 0.3) is 22.1 Å². The maximum Gasteiger partial charge on any atom is 0.200 e. The van der Waals surface area contributed by atoms with Crippen LogP contribution in [0.1, 0.15) is 35.1 Å². The smallest absolute Gasteiger partial charge is 0.200 e. The fourth-order valence-electron chi connectivity index (χ4n) is 4.53. The van der Waals surface area contributed by atoms with E-state index >= 15 is 0 Å². The summed E-state index contributed by atoms with van der Waals surface area (Å²) in [6.45, 7) is 3.34. The Bertz CT molecular complexity index is 1250. The molecule has 0 radical (unpaired) electrons. The SMILES string of the molecule is Cc1oc2c(CN3CCC[C@@H]3c3cccs3)c(O)ccc2c(=O)c1-c1ccccc1. The summed E-state index contributed by atoms with van der Waals surface area (Å²) in [5.41, 5.74) is 2.55. The maximum atomic E-state index is 13.3. The Morgan fingerprint density at radius 3 is 2.73 bits per heavy atom. The minimum absolute atomic E-state index is 0.0579. The largest absolute Gasteiger partial charge is 0.507 e. The molecule has 0 spiro atoms. The van der Waals surface area contributed by atoms with Crippen LogP contribution in [-0.4, -0.2) is 16.6 Å². The van der Waals surface area contributed by atoms with Crippen molar-refractivity contribution in [2.75, 3.05) is 6.54 Å². The van der Waals surface area contributed by atoms with Crippen molar-refractivity contribution in [1.82, 2.24) is 4.90 Å². The molecular weight excluding hydrogens is 394 g/mol. The summed E-state index contributed by atoms with van der Waals surface area (Å²) in [6.07, 6.45) is 2.22. The standard InChI is InChI=1S/C25H23NO3S/c1-16-23(17-7-3-2-4-8-17)24(28)18-11-12-21(27)19(25(18)29-16)15-26-13-5-9-20(26)22-10-6-14-30-22/h2-4,6-8,10-12,14,20,27H,5,9,13,15H2,1H3/t20-/m1/s1. The van der Waals surface area contributed by atoms with Gasteiger partial charge in [0.2, 0.25) is 5.43 Å². The van der Waals surface area contributed by atoms with Crippen molar-refractivity contribution in [1.29, 1.82) is 0 Å². The lowest BCUT2D eigenvalue weighted by molar-refractivity contribution is 0.248. The summed E-state index contributed by atoms with van der Waals surface area (Å²) in [5.74, 6) is 0.746. The van der Waals surface area contributed by atoms with E-state index in [-0.39, 0.29) is 11.2 Å². The molecule has 4 nitrogen and oxygen atoms in total. The normalized spacial score (nSPS) is 17.0. The molecule has 5 heteroatoms. The molecule has 4 aromatic rings. The number of hydrogen-bond acceptors (Lipinski definition) is 5. The highest BCUT2D eigenvalue weighted by atomic mass is 32.1. The van der Waals surface area contributed by atoms with Crippen LogP contribution in [0, 0.1) is 6.92 Å². The molecule has 1 fully saturated rings. The van der Waals surface area contributed by atoms with E-state index < -0.39 is 0 Å². The number of aromatic hydroxyl groups is 1. The summed E-state index contributed by atoms with van der Waals surface area (Å²) in [7, 11) is 0. The summed E-state index contributed by atoms with van der Waals surface area (Å²) in [5, 5.41) is 13.3. The molecule has 1 saturated heterocycles. The molecule has 152 valence electrons. The lowest BCUT2D eigenvalue weighted by Gasteiger charge is -2.24. The van der Waals surface area contributed by atoms with E-state index in [2.05, 4.69) is 22.4 Å². The van der Waals surface area contributed by atoms with Gasteiger partial charge in [-0.25, -0.2) is 0 Å².